The zero-order valence-corrected chi connectivity index (χ0v) is 9.63. The molecule has 0 aliphatic heterocycles. The van der Waals surface area contributed by atoms with Crippen LogP contribution < -0.4 is 4.72 Å². The standard InChI is InChI=1S/C9H15NO4S/c1-4-8(5-2)10-15(12,13)7-6-9(11)14-3/h1,8,10H,5-7H2,2-3H3. The summed E-state index contributed by atoms with van der Waals surface area (Å²) < 4.78 is 29.4. The van der Waals surface area contributed by atoms with E-state index in [0.717, 1.165) is 0 Å². The lowest BCUT2D eigenvalue weighted by molar-refractivity contribution is -0.140. The Hall–Kier alpha value is -1.06. The minimum absolute atomic E-state index is 0.174. The van der Waals surface area contributed by atoms with Crippen molar-refractivity contribution in [3.63, 3.8) is 0 Å². The Balaban J connectivity index is 4.21. The number of rotatable bonds is 6. The predicted octanol–water partition coefficient (Wildman–Crippen LogP) is -0.119. The molecule has 0 saturated carbocycles. The van der Waals surface area contributed by atoms with Gasteiger partial charge in [0.1, 0.15) is 0 Å². The highest BCUT2D eigenvalue weighted by molar-refractivity contribution is 7.89. The molecule has 0 amide bonds. The van der Waals surface area contributed by atoms with Crippen LogP contribution in [0.1, 0.15) is 19.8 Å². The van der Waals surface area contributed by atoms with Crippen LogP contribution in [0.3, 0.4) is 0 Å². The molecule has 15 heavy (non-hydrogen) atoms. The molecular weight excluding hydrogens is 218 g/mol. The topological polar surface area (TPSA) is 72.5 Å². The molecule has 0 aromatic carbocycles. The Morgan fingerprint density at radius 1 is 1.60 bits per heavy atom. The molecule has 86 valence electrons. The molecular formula is C9H15NO4S. The number of hydrogen-bond donors (Lipinski definition) is 1. The van der Waals surface area contributed by atoms with Crippen molar-refractivity contribution in [2.75, 3.05) is 12.9 Å². The molecule has 0 rings (SSSR count). The van der Waals surface area contributed by atoms with Crippen LogP contribution in [-0.2, 0) is 19.6 Å². The van der Waals surface area contributed by atoms with Crippen molar-refractivity contribution in [3.8, 4) is 12.3 Å². The smallest absolute Gasteiger partial charge is 0.306 e. The fourth-order valence-electron chi connectivity index (χ4n) is 0.831. The molecule has 0 aromatic rings. The number of hydrogen-bond acceptors (Lipinski definition) is 4. The molecule has 0 aliphatic rings. The first-order chi connectivity index (χ1) is 6.95. The Bertz CT molecular complexity index is 342. The molecule has 5 nitrogen and oxygen atoms in total. The molecule has 0 fully saturated rings. The predicted molar refractivity (Wildman–Crippen MR) is 56.5 cm³/mol. The van der Waals surface area contributed by atoms with E-state index in [9.17, 15) is 13.2 Å². The van der Waals surface area contributed by atoms with Crippen LogP contribution in [0, 0.1) is 12.3 Å². The van der Waals surface area contributed by atoms with Crippen molar-refractivity contribution < 1.29 is 17.9 Å². The maximum atomic E-state index is 11.4. The van der Waals surface area contributed by atoms with E-state index in [1.54, 1.807) is 6.92 Å². The quantitative estimate of drug-likeness (QED) is 0.513. The summed E-state index contributed by atoms with van der Waals surface area (Å²) in [5.41, 5.74) is 0. The fourth-order valence-corrected chi connectivity index (χ4v) is 2.05. The normalized spacial score (nSPS) is 12.9. The highest BCUT2D eigenvalue weighted by atomic mass is 32.2. The summed E-state index contributed by atoms with van der Waals surface area (Å²) in [7, 11) is -2.30. The minimum Gasteiger partial charge on any atom is -0.469 e. The van der Waals surface area contributed by atoms with E-state index >= 15 is 0 Å². The lowest BCUT2D eigenvalue weighted by Gasteiger charge is -2.10. The molecule has 1 atom stereocenters. The van der Waals surface area contributed by atoms with Gasteiger partial charge in [0.15, 0.2) is 0 Å². The van der Waals surface area contributed by atoms with Crippen LogP contribution in [0.25, 0.3) is 0 Å². The van der Waals surface area contributed by atoms with Crippen molar-refractivity contribution in [2.45, 2.75) is 25.8 Å². The Kier molecular flexibility index (Phi) is 5.97. The van der Waals surface area contributed by atoms with Gasteiger partial charge in [-0.15, -0.1) is 6.42 Å². The molecule has 0 aromatic heterocycles. The SMILES string of the molecule is C#CC(CC)NS(=O)(=O)CCC(=O)OC. The van der Waals surface area contributed by atoms with Crippen molar-refractivity contribution in [3.05, 3.63) is 0 Å². The fraction of sp³-hybridized carbons (Fsp3) is 0.667. The van der Waals surface area contributed by atoms with Gasteiger partial charge >= 0.3 is 5.97 Å². The molecule has 1 N–H and O–H groups in total. The summed E-state index contributed by atoms with van der Waals surface area (Å²) in [6.45, 7) is 1.77. The summed E-state index contributed by atoms with van der Waals surface area (Å²) in [5.74, 6) is 1.43. The average molecular weight is 233 g/mol. The number of carbonyl (C=O) groups excluding carboxylic acids is 1. The highest BCUT2D eigenvalue weighted by Gasteiger charge is 2.16. The lowest BCUT2D eigenvalue weighted by atomic mass is 10.3. The molecule has 0 heterocycles. The summed E-state index contributed by atoms with van der Waals surface area (Å²) in [5, 5.41) is 0. The van der Waals surface area contributed by atoms with E-state index in [1.165, 1.54) is 7.11 Å². The number of nitrogens with one attached hydrogen (secondary N) is 1. The van der Waals surface area contributed by atoms with E-state index in [1.807, 2.05) is 0 Å². The van der Waals surface area contributed by atoms with Crippen molar-refractivity contribution in [2.24, 2.45) is 0 Å². The summed E-state index contributed by atoms with van der Waals surface area (Å²) >= 11 is 0. The number of ether oxygens (including phenoxy) is 1. The van der Waals surface area contributed by atoms with Crippen molar-refractivity contribution in [1.82, 2.24) is 4.72 Å². The minimum atomic E-state index is -3.50. The molecule has 0 radical (unpaired) electrons. The van der Waals surface area contributed by atoms with Crippen LogP contribution in [0.2, 0.25) is 0 Å². The third kappa shape index (κ3) is 6.10. The van der Waals surface area contributed by atoms with Crippen LogP contribution >= 0.6 is 0 Å². The van der Waals surface area contributed by atoms with Crippen LogP contribution in [0.15, 0.2) is 0 Å². The molecule has 0 bridgehead atoms. The second-order valence-corrected chi connectivity index (χ2v) is 4.76. The number of methoxy groups -OCH3 is 1. The van der Waals surface area contributed by atoms with Gasteiger partial charge in [-0.05, 0) is 6.42 Å². The maximum absolute atomic E-state index is 11.4. The van der Waals surface area contributed by atoms with Crippen LogP contribution in [0.5, 0.6) is 0 Å². The van der Waals surface area contributed by atoms with E-state index in [0.29, 0.717) is 6.42 Å². The monoisotopic (exact) mass is 233 g/mol. The van der Waals surface area contributed by atoms with Crippen LogP contribution in [0.4, 0.5) is 0 Å². The maximum Gasteiger partial charge on any atom is 0.306 e. The Morgan fingerprint density at radius 2 is 2.20 bits per heavy atom. The first kappa shape index (κ1) is 13.9. The van der Waals surface area contributed by atoms with Gasteiger partial charge in [-0.2, -0.15) is 0 Å². The van der Waals surface area contributed by atoms with Gasteiger partial charge in [0, 0.05) is 0 Å². The van der Waals surface area contributed by atoms with E-state index in [2.05, 4.69) is 15.4 Å². The number of carbonyl (C=O) groups is 1. The van der Waals surface area contributed by atoms with Gasteiger partial charge in [-0.25, -0.2) is 13.1 Å². The Morgan fingerprint density at radius 3 is 2.60 bits per heavy atom. The van der Waals surface area contributed by atoms with Gasteiger partial charge in [0.25, 0.3) is 0 Å². The molecule has 1 unspecified atom stereocenters. The first-order valence-electron chi connectivity index (χ1n) is 4.48. The van der Waals surface area contributed by atoms with Gasteiger partial charge in [0.2, 0.25) is 10.0 Å². The van der Waals surface area contributed by atoms with Gasteiger partial charge < -0.3 is 4.74 Å². The van der Waals surface area contributed by atoms with Crippen LogP contribution in [-0.4, -0.2) is 33.3 Å². The Labute approximate surface area is 90.2 Å². The molecule has 0 aliphatic carbocycles. The third-order valence-corrected chi connectivity index (χ3v) is 3.12. The first-order valence-corrected chi connectivity index (χ1v) is 6.13. The average Bonchev–Trinajstić information content (AvgIpc) is 2.22. The molecule has 6 heteroatoms. The molecule has 0 spiro atoms. The van der Waals surface area contributed by atoms with Gasteiger partial charge in [-0.3, -0.25) is 4.79 Å². The summed E-state index contributed by atoms with van der Waals surface area (Å²) in [6, 6.07) is -0.521. The largest absolute Gasteiger partial charge is 0.469 e. The number of terminal acetylenes is 1. The molecule has 0 saturated heterocycles. The second kappa shape index (κ2) is 6.43. The lowest BCUT2D eigenvalue weighted by Crippen LogP contribution is -2.35. The zero-order valence-electron chi connectivity index (χ0n) is 8.82. The highest BCUT2D eigenvalue weighted by Crippen LogP contribution is 1.96. The van der Waals surface area contributed by atoms with E-state index < -0.39 is 22.0 Å². The number of sulfonamides is 1. The van der Waals surface area contributed by atoms with E-state index in [4.69, 9.17) is 6.42 Å². The van der Waals surface area contributed by atoms with E-state index in [-0.39, 0.29) is 12.2 Å². The zero-order chi connectivity index (χ0) is 11.9. The second-order valence-electron chi connectivity index (χ2n) is 2.89. The van der Waals surface area contributed by atoms with Crippen molar-refractivity contribution in [1.29, 1.82) is 0 Å². The van der Waals surface area contributed by atoms with Crippen molar-refractivity contribution >= 4 is 16.0 Å². The summed E-state index contributed by atoms with van der Waals surface area (Å²) in [4.78, 5) is 10.7. The summed E-state index contributed by atoms with van der Waals surface area (Å²) in [6.07, 6.45) is 5.44. The number of esters is 1. The third-order valence-electron chi connectivity index (χ3n) is 1.73. The van der Waals surface area contributed by atoms with Gasteiger partial charge in [0.05, 0.1) is 25.3 Å². The van der Waals surface area contributed by atoms with Gasteiger partial charge in [-0.1, -0.05) is 12.8 Å².